The van der Waals surface area contributed by atoms with Crippen LogP contribution in [0.25, 0.3) is 0 Å². The van der Waals surface area contributed by atoms with Crippen LogP contribution in [0.5, 0.6) is 5.75 Å². The lowest BCUT2D eigenvalue weighted by Gasteiger charge is -2.50. The number of nitrogen functional groups attached to an aromatic ring is 1. The lowest BCUT2D eigenvalue weighted by Crippen LogP contribution is -2.64. The Bertz CT molecular complexity index is 1230. The minimum Gasteiger partial charge on any atom is -0.510 e. The monoisotopic (exact) mass is 486 g/mol. The Morgan fingerprint density at radius 2 is 1.80 bits per heavy atom. The highest BCUT2D eigenvalue weighted by Crippen LogP contribution is 2.53. The Balaban J connectivity index is 1.99. The topological polar surface area (TPSA) is 177 Å². The highest BCUT2D eigenvalue weighted by atomic mass is 16.3. The first-order valence-corrected chi connectivity index (χ1v) is 11.2. The van der Waals surface area contributed by atoms with Gasteiger partial charge in [-0.25, -0.2) is 0 Å². The number of anilines is 2. The van der Waals surface area contributed by atoms with E-state index >= 15 is 0 Å². The summed E-state index contributed by atoms with van der Waals surface area (Å²) in [6.45, 7) is 0. The fourth-order valence-electron chi connectivity index (χ4n) is 5.82. The zero-order valence-electron chi connectivity index (χ0n) is 20.2. The zero-order chi connectivity index (χ0) is 26.1. The Kier molecular flexibility index (Phi) is 5.61. The van der Waals surface area contributed by atoms with Crippen LogP contribution in [0.1, 0.15) is 22.3 Å². The second-order valence-corrected chi connectivity index (χ2v) is 9.76. The van der Waals surface area contributed by atoms with Crippen molar-refractivity contribution in [2.45, 2.75) is 24.5 Å². The van der Waals surface area contributed by atoms with Crippen molar-refractivity contribution < 1.29 is 34.8 Å². The molecule has 3 aliphatic rings. The summed E-state index contributed by atoms with van der Waals surface area (Å²) in [7, 11) is 8.03. The summed E-state index contributed by atoms with van der Waals surface area (Å²) in [5.74, 6) is -6.34. The van der Waals surface area contributed by atoms with Crippen molar-refractivity contribution in [3.8, 4) is 5.75 Å². The predicted octanol–water partition coefficient (Wildman–Crippen LogP) is 0.0295. The SMILES string of the molecule is CNC(=O)C1=C(O)C(N(C)C)[C@@H]2CC3Cc4c(N(C)C)cc(N)c(O)c4C(=O)C3=C(O)[C@]2(O)C1=O. The summed E-state index contributed by atoms with van der Waals surface area (Å²) < 4.78 is 0. The van der Waals surface area contributed by atoms with E-state index in [0.717, 1.165) is 0 Å². The van der Waals surface area contributed by atoms with Crippen LogP contribution < -0.4 is 16.0 Å². The van der Waals surface area contributed by atoms with E-state index in [1.807, 2.05) is 0 Å². The summed E-state index contributed by atoms with van der Waals surface area (Å²) in [5, 5.41) is 46.9. The average molecular weight is 487 g/mol. The number of benzene rings is 1. The molecule has 35 heavy (non-hydrogen) atoms. The first kappa shape index (κ1) is 24.6. The number of carbonyl (C=O) groups is 3. The highest BCUT2D eigenvalue weighted by Gasteiger charge is 2.63. The van der Waals surface area contributed by atoms with Crippen molar-refractivity contribution in [2.75, 3.05) is 45.9 Å². The molecule has 0 radical (unpaired) electrons. The minimum absolute atomic E-state index is 0.0251. The lowest BCUT2D eigenvalue weighted by molar-refractivity contribution is -0.148. The number of hydrogen-bond donors (Lipinski definition) is 6. The van der Waals surface area contributed by atoms with Gasteiger partial charge in [0.25, 0.3) is 5.91 Å². The molecule has 11 heteroatoms. The first-order valence-electron chi connectivity index (χ1n) is 11.2. The van der Waals surface area contributed by atoms with Gasteiger partial charge in [-0.05, 0) is 44.5 Å². The van der Waals surface area contributed by atoms with Crippen LogP contribution in [0.4, 0.5) is 11.4 Å². The molecule has 0 bridgehead atoms. The summed E-state index contributed by atoms with van der Waals surface area (Å²) in [6, 6.07) is 0.574. The minimum atomic E-state index is -2.62. The molecular weight excluding hydrogens is 456 g/mol. The summed E-state index contributed by atoms with van der Waals surface area (Å²) in [5.41, 5.74) is 3.48. The number of nitrogens with two attached hydrogens (primary N) is 1. The van der Waals surface area contributed by atoms with Crippen LogP contribution in [0.15, 0.2) is 28.7 Å². The van der Waals surface area contributed by atoms with Gasteiger partial charge in [0.2, 0.25) is 5.78 Å². The van der Waals surface area contributed by atoms with E-state index < -0.39 is 63.8 Å². The van der Waals surface area contributed by atoms with Gasteiger partial charge in [-0.3, -0.25) is 19.3 Å². The summed E-state index contributed by atoms with van der Waals surface area (Å²) in [6.07, 6.45) is 0.272. The number of amides is 1. The molecule has 11 nitrogen and oxygen atoms in total. The van der Waals surface area contributed by atoms with E-state index in [1.54, 1.807) is 44.1 Å². The molecule has 0 spiro atoms. The molecule has 2 unspecified atom stereocenters. The van der Waals surface area contributed by atoms with Gasteiger partial charge in [-0.15, -0.1) is 0 Å². The molecule has 0 saturated carbocycles. The van der Waals surface area contributed by atoms with E-state index in [-0.39, 0.29) is 29.7 Å². The second-order valence-electron chi connectivity index (χ2n) is 9.76. The molecule has 0 heterocycles. The fourth-order valence-corrected chi connectivity index (χ4v) is 5.82. The molecular formula is C24H30N4O7. The number of allylic oxidation sites excluding steroid dienone is 1. The quantitative estimate of drug-likeness (QED) is 0.194. The molecule has 1 amide bonds. The van der Waals surface area contributed by atoms with Crippen LogP contribution >= 0.6 is 0 Å². The predicted molar refractivity (Wildman–Crippen MR) is 127 cm³/mol. The summed E-state index contributed by atoms with van der Waals surface area (Å²) in [4.78, 5) is 42.9. The van der Waals surface area contributed by atoms with Crippen molar-refractivity contribution in [3.05, 3.63) is 39.9 Å². The first-order chi connectivity index (χ1) is 16.3. The maximum Gasteiger partial charge on any atom is 0.258 e. The number of carbonyl (C=O) groups excluding carboxylic acids is 3. The maximum atomic E-state index is 13.7. The van der Waals surface area contributed by atoms with Gasteiger partial charge in [0.15, 0.2) is 11.4 Å². The van der Waals surface area contributed by atoms with Gasteiger partial charge >= 0.3 is 0 Å². The van der Waals surface area contributed by atoms with Gasteiger partial charge in [-0.2, -0.15) is 0 Å². The Morgan fingerprint density at radius 3 is 2.34 bits per heavy atom. The third kappa shape index (κ3) is 3.15. The Morgan fingerprint density at radius 1 is 1.17 bits per heavy atom. The molecule has 7 N–H and O–H groups in total. The number of aliphatic hydroxyl groups excluding tert-OH is 2. The molecule has 188 valence electrons. The van der Waals surface area contributed by atoms with Crippen molar-refractivity contribution in [3.63, 3.8) is 0 Å². The number of aromatic hydroxyl groups is 1. The average Bonchev–Trinajstić information content (AvgIpc) is 2.77. The number of hydrogen-bond acceptors (Lipinski definition) is 10. The molecule has 4 atom stereocenters. The molecule has 0 fully saturated rings. The van der Waals surface area contributed by atoms with Gasteiger partial charge in [0, 0.05) is 38.3 Å². The number of nitrogens with one attached hydrogen (secondary N) is 1. The number of phenolic OH excluding ortho intramolecular Hbond substituents is 1. The molecule has 1 aromatic rings. The molecule has 1 aromatic carbocycles. The van der Waals surface area contributed by atoms with E-state index in [2.05, 4.69) is 5.32 Å². The standard InChI is InChI=1S/C24H30N4O7/c1-26-23(34)16-20(31)17(28(4)5)11-7-9-6-10-13(27(2)3)8-12(25)18(29)15(10)19(30)14(9)21(32)24(11,35)22(16)33/h8-9,11,17,29,31-32,35H,6-7,25H2,1-5H3,(H,26,34)/t9?,11-,17?,24-/m0/s1. The number of fused-ring (bicyclic) bond motifs is 3. The summed E-state index contributed by atoms with van der Waals surface area (Å²) >= 11 is 0. The normalized spacial score (nSPS) is 28.0. The van der Waals surface area contributed by atoms with Crippen molar-refractivity contribution in [2.24, 2.45) is 11.8 Å². The molecule has 4 rings (SSSR count). The third-order valence-electron chi connectivity index (χ3n) is 7.42. The molecule has 3 aliphatic carbocycles. The number of likely N-dealkylation sites (N-methyl/N-ethyl adjacent to an activating group) is 2. The molecule has 0 saturated heterocycles. The van der Waals surface area contributed by atoms with Crippen molar-refractivity contribution in [1.82, 2.24) is 10.2 Å². The van der Waals surface area contributed by atoms with Crippen molar-refractivity contribution in [1.29, 1.82) is 0 Å². The van der Waals surface area contributed by atoms with E-state index in [0.29, 0.717) is 11.3 Å². The maximum absolute atomic E-state index is 13.7. The van der Waals surface area contributed by atoms with Crippen molar-refractivity contribution >= 4 is 28.8 Å². The fraction of sp³-hybridized carbons (Fsp3) is 0.458. The number of rotatable bonds is 3. The zero-order valence-corrected chi connectivity index (χ0v) is 20.2. The number of phenols is 1. The smallest absolute Gasteiger partial charge is 0.258 e. The number of Topliss-reactive ketones (excluding diaryl/α,β-unsaturated/α-hetero) is 2. The Hall–Kier alpha value is -3.57. The molecule has 0 aromatic heterocycles. The van der Waals surface area contributed by atoms with E-state index in [4.69, 9.17) is 5.73 Å². The van der Waals surface area contributed by atoms with Gasteiger partial charge in [-0.1, -0.05) is 0 Å². The largest absolute Gasteiger partial charge is 0.510 e. The van der Waals surface area contributed by atoms with E-state index in [1.165, 1.54) is 7.05 Å². The number of ketones is 2. The number of aliphatic hydroxyl groups is 3. The Labute approximate surface area is 202 Å². The second kappa shape index (κ2) is 7.99. The van der Waals surface area contributed by atoms with E-state index in [9.17, 15) is 34.8 Å². The van der Waals surface area contributed by atoms with Crippen LogP contribution in [0.2, 0.25) is 0 Å². The third-order valence-corrected chi connectivity index (χ3v) is 7.42. The van der Waals surface area contributed by atoms with Crippen LogP contribution in [0, 0.1) is 11.8 Å². The van der Waals surface area contributed by atoms with Crippen LogP contribution in [0.3, 0.4) is 0 Å². The van der Waals surface area contributed by atoms with Gasteiger partial charge < -0.3 is 36.4 Å². The number of nitrogens with zero attached hydrogens (tertiary/aromatic N) is 2. The van der Waals surface area contributed by atoms with Gasteiger partial charge in [0.1, 0.15) is 22.8 Å². The highest BCUT2D eigenvalue weighted by molar-refractivity contribution is 6.25. The molecule has 0 aliphatic heterocycles. The lowest BCUT2D eigenvalue weighted by atomic mass is 9.58. The van der Waals surface area contributed by atoms with Crippen LogP contribution in [-0.2, 0) is 16.0 Å². The van der Waals surface area contributed by atoms with Gasteiger partial charge in [0.05, 0.1) is 17.3 Å². The van der Waals surface area contributed by atoms with Crippen LogP contribution in [-0.4, -0.2) is 89.7 Å².